The highest BCUT2D eigenvalue weighted by atomic mass is 19.3. The molecule has 0 aromatic heterocycles. The minimum Gasteiger partial charge on any atom is -0.393 e. The fourth-order valence-electron chi connectivity index (χ4n) is 1.11. The number of halogens is 7. The summed E-state index contributed by atoms with van der Waals surface area (Å²) in [6, 6.07) is 0. The first-order valence-corrected chi connectivity index (χ1v) is 4.79. The van der Waals surface area contributed by atoms with E-state index in [1.807, 2.05) is 0 Å². The molecule has 0 saturated carbocycles. The molecule has 1 aromatic rings. The Kier molecular flexibility index (Phi) is 4.11. The van der Waals surface area contributed by atoms with Gasteiger partial charge in [-0.3, -0.25) is 0 Å². The Morgan fingerprint density at radius 1 is 0.950 bits per heavy atom. The molecule has 2 nitrogen and oxygen atoms in total. The van der Waals surface area contributed by atoms with E-state index in [0.29, 0.717) is 0 Å². The molecule has 9 heteroatoms. The maximum atomic E-state index is 13.4. The van der Waals surface area contributed by atoms with Crippen molar-refractivity contribution in [2.24, 2.45) is 0 Å². The number of benzene rings is 1. The smallest absolute Gasteiger partial charge is 0.393 e. The van der Waals surface area contributed by atoms with Crippen LogP contribution in [0.5, 0.6) is 0 Å². The van der Waals surface area contributed by atoms with Gasteiger partial charge in [-0.25, -0.2) is 26.7 Å². The molecule has 110 valence electrons. The molecule has 0 amide bonds. The molecular formula is C11H5F7O2. The maximum Gasteiger partial charge on any atom is 0.434 e. The summed E-state index contributed by atoms with van der Waals surface area (Å²) in [6.07, 6.45) is -5.06. The van der Waals surface area contributed by atoms with E-state index in [1.54, 1.807) is 0 Å². The number of hydrogen-bond donors (Lipinski definition) is 0. The molecule has 1 rings (SSSR count). The van der Waals surface area contributed by atoms with Crippen molar-refractivity contribution in [3.63, 3.8) is 0 Å². The van der Waals surface area contributed by atoms with E-state index in [0.717, 1.165) is 6.92 Å². The van der Waals surface area contributed by atoms with E-state index < -0.39 is 52.3 Å². The number of carbonyl (C=O) groups excluding carboxylic acids is 1. The van der Waals surface area contributed by atoms with Crippen LogP contribution in [0, 0.1) is 29.1 Å². The standard InChI is InChI=1S/C11H5F7O2/c1-3(2)10(19)20-11(17,18)4-5(12)7(14)9(16)8(15)6(4)13/h1H2,2H3. The fourth-order valence-corrected chi connectivity index (χ4v) is 1.11. The quantitative estimate of drug-likeness (QED) is 0.281. The van der Waals surface area contributed by atoms with Crippen LogP contribution in [0.2, 0.25) is 0 Å². The molecule has 0 saturated heterocycles. The number of ether oxygens (including phenoxy) is 1. The third kappa shape index (κ3) is 2.61. The van der Waals surface area contributed by atoms with E-state index in [1.165, 1.54) is 0 Å². The van der Waals surface area contributed by atoms with Gasteiger partial charge >= 0.3 is 12.1 Å². The predicted molar refractivity (Wildman–Crippen MR) is 51.0 cm³/mol. The summed E-state index contributed by atoms with van der Waals surface area (Å²) < 4.78 is 94.6. The zero-order valence-corrected chi connectivity index (χ0v) is 9.67. The van der Waals surface area contributed by atoms with Crippen molar-refractivity contribution >= 4 is 5.97 Å². The molecule has 0 heterocycles. The lowest BCUT2D eigenvalue weighted by Gasteiger charge is -2.18. The predicted octanol–water partition coefficient (Wildman–Crippen LogP) is 3.55. The van der Waals surface area contributed by atoms with E-state index in [4.69, 9.17) is 0 Å². The van der Waals surface area contributed by atoms with Gasteiger partial charge in [0.2, 0.25) is 5.82 Å². The molecule has 0 bridgehead atoms. The lowest BCUT2D eigenvalue weighted by atomic mass is 10.1. The van der Waals surface area contributed by atoms with Crippen LogP contribution < -0.4 is 0 Å². The lowest BCUT2D eigenvalue weighted by Crippen LogP contribution is -2.27. The summed E-state index contributed by atoms with van der Waals surface area (Å²) in [6.45, 7) is 3.86. The molecule has 0 aliphatic heterocycles. The summed E-state index contributed by atoms with van der Waals surface area (Å²) in [5.74, 6) is -15.1. The molecular weight excluding hydrogens is 297 g/mol. The molecule has 0 radical (unpaired) electrons. The van der Waals surface area contributed by atoms with Gasteiger partial charge < -0.3 is 4.74 Å². The Bertz CT molecular complexity index is 566. The van der Waals surface area contributed by atoms with Gasteiger partial charge in [-0.15, -0.1) is 0 Å². The first-order chi connectivity index (χ1) is 9.00. The van der Waals surface area contributed by atoms with Crippen LogP contribution in [0.15, 0.2) is 12.2 Å². The van der Waals surface area contributed by atoms with Gasteiger partial charge in [-0.2, -0.15) is 8.78 Å². The van der Waals surface area contributed by atoms with E-state index in [-0.39, 0.29) is 0 Å². The van der Waals surface area contributed by atoms with Crippen LogP contribution in [0.4, 0.5) is 30.7 Å². The third-order valence-corrected chi connectivity index (χ3v) is 2.07. The molecule has 0 fully saturated rings. The van der Waals surface area contributed by atoms with Crippen LogP contribution in [0.1, 0.15) is 12.5 Å². The van der Waals surface area contributed by atoms with E-state index >= 15 is 0 Å². The Morgan fingerprint density at radius 2 is 1.30 bits per heavy atom. The highest BCUT2D eigenvalue weighted by molar-refractivity contribution is 5.87. The van der Waals surface area contributed by atoms with Gasteiger partial charge in [0, 0.05) is 5.57 Å². The Hall–Kier alpha value is -2.06. The van der Waals surface area contributed by atoms with Gasteiger partial charge in [0.05, 0.1) is 0 Å². The Morgan fingerprint density at radius 3 is 1.65 bits per heavy atom. The van der Waals surface area contributed by atoms with Crippen molar-refractivity contribution in [2.45, 2.75) is 13.0 Å². The van der Waals surface area contributed by atoms with Crippen LogP contribution >= 0.6 is 0 Å². The molecule has 0 spiro atoms. The van der Waals surface area contributed by atoms with Gasteiger partial charge in [0.25, 0.3) is 0 Å². The van der Waals surface area contributed by atoms with Gasteiger partial charge in [-0.1, -0.05) is 6.58 Å². The zero-order valence-electron chi connectivity index (χ0n) is 9.67. The topological polar surface area (TPSA) is 26.3 Å². The summed E-state index contributed by atoms with van der Waals surface area (Å²) in [7, 11) is 0. The average molecular weight is 302 g/mol. The first-order valence-electron chi connectivity index (χ1n) is 4.79. The number of hydrogen-bond acceptors (Lipinski definition) is 2. The third-order valence-electron chi connectivity index (χ3n) is 2.07. The molecule has 0 unspecified atom stereocenters. The van der Waals surface area contributed by atoms with Gasteiger partial charge in [-0.05, 0) is 6.92 Å². The number of alkyl halides is 2. The van der Waals surface area contributed by atoms with Crippen LogP contribution in [-0.4, -0.2) is 5.97 Å². The second-order valence-corrected chi connectivity index (χ2v) is 3.63. The second-order valence-electron chi connectivity index (χ2n) is 3.63. The van der Waals surface area contributed by atoms with Crippen molar-refractivity contribution in [2.75, 3.05) is 0 Å². The number of carbonyl (C=O) groups is 1. The SMILES string of the molecule is C=C(C)C(=O)OC(F)(F)c1c(F)c(F)c(F)c(F)c1F. The van der Waals surface area contributed by atoms with E-state index in [2.05, 4.69) is 11.3 Å². The summed E-state index contributed by atoms with van der Waals surface area (Å²) >= 11 is 0. The van der Waals surface area contributed by atoms with Gasteiger partial charge in [0.1, 0.15) is 5.56 Å². The molecule has 0 aliphatic rings. The summed E-state index contributed by atoms with van der Waals surface area (Å²) in [5.41, 5.74) is -3.11. The van der Waals surface area contributed by atoms with Crippen molar-refractivity contribution in [3.8, 4) is 0 Å². The molecule has 0 atom stereocenters. The highest BCUT2D eigenvalue weighted by Gasteiger charge is 2.46. The maximum absolute atomic E-state index is 13.4. The normalized spacial score (nSPS) is 11.4. The van der Waals surface area contributed by atoms with Crippen molar-refractivity contribution < 1.29 is 40.3 Å². The van der Waals surface area contributed by atoms with Crippen LogP contribution in [-0.2, 0) is 15.6 Å². The van der Waals surface area contributed by atoms with Crippen LogP contribution in [0.25, 0.3) is 0 Å². The first kappa shape index (κ1) is 16.0. The second kappa shape index (κ2) is 5.14. The van der Waals surface area contributed by atoms with Crippen molar-refractivity contribution in [1.82, 2.24) is 0 Å². The average Bonchev–Trinajstić information content (AvgIpc) is 2.33. The monoisotopic (exact) mass is 302 g/mol. The van der Waals surface area contributed by atoms with Gasteiger partial charge in [0.15, 0.2) is 23.3 Å². The Balaban J connectivity index is 3.46. The fraction of sp³-hybridized carbons (Fsp3) is 0.182. The van der Waals surface area contributed by atoms with Crippen molar-refractivity contribution in [1.29, 1.82) is 0 Å². The summed E-state index contributed by atoms with van der Waals surface area (Å²) in [5, 5.41) is 0. The molecule has 1 aromatic carbocycles. The molecule has 0 N–H and O–H groups in total. The molecule has 0 aliphatic carbocycles. The lowest BCUT2D eigenvalue weighted by molar-refractivity contribution is -0.239. The Labute approximate surface area is 107 Å². The number of esters is 1. The highest BCUT2D eigenvalue weighted by Crippen LogP contribution is 2.36. The minimum atomic E-state index is -5.06. The number of rotatable bonds is 3. The largest absolute Gasteiger partial charge is 0.434 e. The zero-order chi connectivity index (χ0) is 15.8. The van der Waals surface area contributed by atoms with Crippen molar-refractivity contribution in [3.05, 3.63) is 46.8 Å². The molecule has 20 heavy (non-hydrogen) atoms. The van der Waals surface area contributed by atoms with E-state index in [9.17, 15) is 35.5 Å². The minimum absolute atomic E-state index is 0.562. The van der Waals surface area contributed by atoms with Crippen LogP contribution in [0.3, 0.4) is 0 Å². The summed E-state index contributed by atoms with van der Waals surface area (Å²) in [4.78, 5) is 10.9.